The third-order valence-electron chi connectivity index (χ3n) is 2.34. The zero-order valence-electron chi connectivity index (χ0n) is 9.37. The lowest BCUT2D eigenvalue weighted by Crippen LogP contribution is -2.24. The molecular weight excluding hydrogens is 194 g/mol. The monoisotopic (exact) mass is 213 g/mol. The second-order valence-electron chi connectivity index (χ2n) is 3.77. The SMILES string of the molecule is CCc1nsc(NC(CC)C(C)C)n1. The van der Waals surface area contributed by atoms with Crippen LogP contribution in [-0.4, -0.2) is 15.4 Å². The van der Waals surface area contributed by atoms with Crippen LogP contribution in [0.2, 0.25) is 0 Å². The van der Waals surface area contributed by atoms with E-state index in [2.05, 4.69) is 42.4 Å². The first-order chi connectivity index (χ1) is 6.67. The fourth-order valence-electron chi connectivity index (χ4n) is 1.35. The van der Waals surface area contributed by atoms with E-state index in [9.17, 15) is 0 Å². The quantitative estimate of drug-likeness (QED) is 0.817. The number of hydrogen-bond donors (Lipinski definition) is 1. The molecule has 0 saturated carbocycles. The fraction of sp³-hybridized carbons (Fsp3) is 0.800. The predicted octanol–water partition coefficient (Wildman–Crippen LogP) is 2.95. The van der Waals surface area contributed by atoms with Gasteiger partial charge in [-0.1, -0.05) is 27.7 Å². The van der Waals surface area contributed by atoms with Crippen LogP contribution < -0.4 is 5.32 Å². The standard InChI is InChI=1S/C10H19N3S/c1-5-8(7(3)4)11-10-12-9(6-2)13-14-10/h7-8H,5-6H2,1-4H3,(H,11,12,13). The molecule has 0 aromatic carbocycles. The van der Waals surface area contributed by atoms with Crippen molar-refractivity contribution in [3.8, 4) is 0 Å². The van der Waals surface area contributed by atoms with Gasteiger partial charge in [-0.3, -0.25) is 0 Å². The summed E-state index contributed by atoms with van der Waals surface area (Å²) in [6.07, 6.45) is 2.04. The molecule has 1 N–H and O–H groups in total. The van der Waals surface area contributed by atoms with Crippen molar-refractivity contribution in [2.75, 3.05) is 5.32 Å². The molecule has 0 radical (unpaired) electrons. The van der Waals surface area contributed by atoms with E-state index in [1.54, 1.807) is 0 Å². The molecule has 1 unspecified atom stereocenters. The van der Waals surface area contributed by atoms with Crippen LogP contribution in [-0.2, 0) is 6.42 Å². The van der Waals surface area contributed by atoms with Gasteiger partial charge in [-0.05, 0) is 12.3 Å². The topological polar surface area (TPSA) is 37.8 Å². The lowest BCUT2D eigenvalue weighted by atomic mass is 10.0. The van der Waals surface area contributed by atoms with Gasteiger partial charge in [0.05, 0.1) is 0 Å². The zero-order chi connectivity index (χ0) is 10.6. The molecule has 4 heteroatoms. The molecule has 0 amide bonds. The molecule has 1 rings (SSSR count). The summed E-state index contributed by atoms with van der Waals surface area (Å²) in [5.74, 6) is 1.57. The van der Waals surface area contributed by atoms with Crippen LogP contribution >= 0.6 is 11.5 Å². The molecule has 3 nitrogen and oxygen atoms in total. The minimum Gasteiger partial charge on any atom is -0.357 e. The average molecular weight is 213 g/mol. The van der Waals surface area contributed by atoms with Crippen LogP contribution in [0.5, 0.6) is 0 Å². The van der Waals surface area contributed by atoms with Gasteiger partial charge in [0.15, 0.2) is 0 Å². The van der Waals surface area contributed by atoms with Gasteiger partial charge in [-0.25, -0.2) is 4.98 Å². The molecule has 0 aliphatic carbocycles. The Hall–Kier alpha value is -0.640. The van der Waals surface area contributed by atoms with Crippen molar-refractivity contribution in [3.63, 3.8) is 0 Å². The molecule has 0 fully saturated rings. The van der Waals surface area contributed by atoms with Crippen LogP contribution in [0.3, 0.4) is 0 Å². The van der Waals surface area contributed by atoms with Crippen molar-refractivity contribution in [1.29, 1.82) is 0 Å². The van der Waals surface area contributed by atoms with Crippen molar-refractivity contribution in [2.45, 2.75) is 46.6 Å². The minimum atomic E-state index is 0.507. The van der Waals surface area contributed by atoms with Gasteiger partial charge >= 0.3 is 0 Å². The lowest BCUT2D eigenvalue weighted by molar-refractivity contribution is 0.511. The Bertz CT molecular complexity index is 270. The van der Waals surface area contributed by atoms with E-state index in [-0.39, 0.29) is 0 Å². The lowest BCUT2D eigenvalue weighted by Gasteiger charge is -2.19. The predicted molar refractivity (Wildman–Crippen MR) is 61.8 cm³/mol. The van der Waals surface area contributed by atoms with E-state index in [4.69, 9.17) is 0 Å². The smallest absolute Gasteiger partial charge is 0.202 e. The Balaban J connectivity index is 2.57. The van der Waals surface area contributed by atoms with Crippen molar-refractivity contribution in [3.05, 3.63) is 5.82 Å². The summed E-state index contributed by atoms with van der Waals surface area (Å²) in [7, 11) is 0. The van der Waals surface area contributed by atoms with E-state index in [1.165, 1.54) is 11.5 Å². The van der Waals surface area contributed by atoms with E-state index in [1.807, 2.05) is 0 Å². The van der Waals surface area contributed by atoms with Crippen molar-refractivity contribution < 1.29 is 0 Å². The molecular formula is C10H19N3S. The van der Waals surface area contributed by atoms with Gasteiger partial charge in [0.25, 0.3) is 0 Å². The molecule has 0 bridgehead atoms. The Morgan fingerprint density at radius 1 is 1.36 bits per heavy atom. The number of anilines is 1. The first-order valence-electron chi connectivity index (χ1n) is 5.26. The Labute approximate surface area is 90.1 Å². The molecule has 1 heterocycles. The molecule has 14 heavy (non-hydrogen) atoms. The van der Waals surface area contributed by atoms with Crippen LogP contribution in [0, 0.1) is 5.92 Å². The largest absolute Gasteiger partial charge is 0.357 e. The van der Waals surface area contributed by atoms with E-state index in [0.717, 1.165) is 23.8 Å². The maximum absolute atomic E-state index is 4.40. The van der Waals surface area contributed by atoms with E-state index < -0.39 is 0 Å². The summed E-state index contributed by atoms with van der Waals surface area (Å²) < 4.78 is 4.25. The first kappa shape index (κ1) is 11.4. The third kappa shape index (κ3) is 2.94. The molecule has 1 aromatic rings. The number of aryl methyl sites for hydroxylation is 1. The second-order valence-corrected chi connectivity index (χ2v) is 4.52. The molecule has 80 valence electrons. The summed E-state index contributed by atoms with van der Waals surface area (Å²) in [4.78, 5) is 4.40. The minimum absolute atomic E-state index is 0.507. The van der Waals surface area contributed by atoms with Gasteiger partial charge in [0, 0.05) is 24.0 Å². The Morgan fingerprint density at radius 2 is 2.07 bits per heavy atom. The summed E-state index contributed by atoms with van der Waals surface area (Å²) in [5.41, 5.74) is 0. The average Bonchev–Trinajstić information content (AvgIpc) is 2.61. The summed E-state index contributed by atoms with van der Waals surface area (Å²) in [6.45, 7) is 8.72. The van der Waals surface area contributed by atoms with E-state index in [0.29, 0.717) is 12.0 Å². The second kappa shape index (κ2) is 5.29. The zero-order valence-corrected chi connectivity index (χ0v) is 10.2. The maximum atomic E-state index is 4.40. The summed E-state index contributed by atoms with van der Waals surface area (Å²) in [5, 5.41) is 4.39. The normalized spacial score (nSPS) is 13.2. The van der Waals surface area contributed by atoms with Crippen molar-refractivity contribution >= 4 is 16.7 Å². The fourth-order valence-corrected chi connectivity index (χ4v) is 2.07. The first-order valence-corrected chi connectivity index (χ1v) is 6.03. The van der Waals surface area contributed by atoms with Crippen LogP contribution in [0.15, 0.2) is 0 Å². The number of aromatic nitrogens is 2. The highest BCUT2D eigenvalue weighted by Crippen LogP contribution is 2.17. The number of nitrogens with one attached hydrogen (secondary N) is 1. The highest BCUT2D eigenvalue weighted by Gasteiger charge is 2.12. The van der Waals surface area contributed by atoms with Gasteiger partial charge in [0.2, 0.25) is 5.13 Å². The highest BCUT2D eigenvalue weighted by atomic mass is 32.1. The summed E-state index contributed by atoms with van der Waals surface area (Å²) >= 11 is 1.46. The van der Waals surface area contributed by atoms with Crippen molar-refractivity contribution in [2.24, 2.45) is 5.92 Å². The van der Waals surface area contributed by atoms with Crippen molar-refractivity contribution in [1.82, 2.24) is 9.36 Å². The van der Waals surface area contributed by atoms with Crippen LogP contribution in [0.4, 0.5) is 5.13 Å². The van der Waals surface area contributed by atoms with Crippen LogP contribution in [0.1, 0.15) is 39.9 Å². The van der Waals surface area contributed by atoms with Gasteiger partial charge in [-0.15, -0.1) is 0 Å². The molecule has 0 aliphatic rings. The van der Waals surface area contributed by atoms with Gasteiger partial charge < -0.3 is 5.32 Å². The molecule has 0 spiro atoms. The Morgan fingerprint density at radius 3 is 2.50 bits per heavy atom. The third-order valence-corrected chi connectivity index (χ3v) is 3.02. The van der Waals surface area contributed by atoms with E-state index >= 15 is 0 Å². The molecule has 1 atom stereocenters. The maximum Gasteiger partial charge on any atom is 0.202 e. The van der Waals surface area contributed by atoms with Gasteiger partial charge in [0.1, 0.15) is 5.82 Å². The number of hydrogen-bond acceptors (Lipinski definition) is 4. The summed E-state index contributed by atoms with van der Waals surface area (Å²) in [6, 6.07) is 0.507. The van der Waals surface area contributed by atoms with Gasteiger partial charge in [-0.2, -0.15) is 4.37 Å². The number of rotatable bonds is 5. The number of nitrogens with zero attached hydrogens (tertiary/aromatic N) is 2. The highest BCUT2D eigenvalue weighted by molar-refractivity contribution is 7.09. The molecule has 0 saturated heterocycles. The van der Waals surface area contributed by atoms with Crippen LogP contribution in [0.25, 0.3) is 0 Å². The molecule has 1 aromatic heterocycles. The Kier molecular flexibility index (Phi) is 4.32. The molecule has 0 aliphatic heterocycles.